The minimum absolute atomic E-state index is 0.109. The topological polar surface area (TPSA) is 90.4 Å². The van der Waals surface area contributed by atoms with Crippen LogP contribution in [0, 0.1) is 11.8 Å². The molecule has 0 saturated carbocycles. The van der Waals surface area contributed by atoms with Crippen LogP contribution in [0.1, 0.15) is 52.4 Å². The summed E-state index contributed by atoms with van der Waals surface area (Å²) in [5.41, 5.74) is 1.48. The molecule has 3 aromatic carbocycles. The van der Waals surface area contributed by atoms with E-state index in [4.69, 9.17) is 4.74 Å². The molecular formula is C41H49N3O5S. The number of unbranched alkanes of at least 4 members (excludes halogenated alkanes) is 3. The van der Waals surface area contributed by atoms with E-state index in [1.54, 1.807) is 38.6 Å². The van der Waals surface area contributed by atoms with Gasteiger partial charge in [0.05, 0.1) is 23.2 Å². The van der Waals surface area contributed by atoms with Crippen molar-refractivity contribution >= 4 is 51.6 Å². The number of anilines is 2. The number of rotatable bonds is 16. The van der Waals surface area contributed by atoms with E-state index in [0.29, 0.717) is 45.5 Å². The molecule has 0 aliphatic carbocycles. The quantitative estimate of drug-likeness (QED) is 0.128. The molecule has 8 nitrogen and oxygen atoms in total. The van der Waals surface area contributed by atoms with Crippen molar-refractivity contribution in [3.05, 3.63) is 92.0 Å². The second-order valence-electron chi connectivity index (χ2n) is 13.8. The Morgan fingerprint density at radius 1 is 0.920 bits per heavy atom. The van der Waals surface area contributed by atoms with Gasteiger partial charge >= 0.3 is 0 Å². The summed E-state index contributed by atoms with van der Waals surface area (Å²) in [6.07, 6.45) is 7.95. The number of amides is 3. The summed E-state index contributed by atoms with van der Waals surface area (Å²) in [5.74, 6) is -0.878. The molecule has 1 spiro atoms. The zero-order chi connectivity index (χ0) is 35.5. The van der Waals surface area contributed by atoms with Crippen LogP contribution in [0.15, 0.2) is 92.0 Å². The number of ether oxygens (including phenoxy) is 1. The maximum absolute atomic E-state index is 15.1. The third kappa shape index (κ3) is 6.35. The van der Waals surface area contributed by atoms with Crippen LogP contribution in [0.3, 0.4) is 0 Å². The third-order valence-electron chi connectivity index (χ3n) is 10.7. The molecule has 3 aliphatic rings. The van der Waals surface area contributed by atoms with E-state index in [9.17, 15) is 14.7 Å². The number of thioether (sulfide) groups is 1. The maximum Gasteiger partial charge on any atom is 0.251 e. The smallest absolute Gasteiger partial charge is 0.251 e. The second kappa shape index (κ2) is 15.0. The average molecular weight is 696 g/mol. The largest absolute Gasteiger partial charge is 0.494 e. The number of hydrogen-bond acceptors (Lipinski definition) is 6. The molecule has 3 aliphatic heterocycles. The molecule has 5 atom stereocenters. The zero-order valence-corrected chi connectivity index (χ0v) is 30.1. The molecular weight excluding hydrogens is 647 g/mol. The van der Waals surface area contributed by atoms with Crippen molar-refractivity contribution in [1.29, 1.82) is 0 Å². The highest BCUT2D eigenvalue weighted by Crippen LogP contribution is 2.71. The summed E-state index contributed by atoms with van der Waals surface area (Å²) in [6, 6.07) is 20.8. The summed E-state index contributed by atoms with van der Waals surface area (Å²) >= 11 is 1.69. The molecule has 0 aromatic heterocycles. The molecule has 2 unspecified atom stereocenters. The number of aliphatic hydroxyl groups is 1. The minimum Gasteiger partial charge on any atom is -0.494 e. The van der Waals surface area contributed by atoms with Gasteiger partial charge in [0, 0.05) is 42.4 Å². The first-order valence-electron chi connectivity index (χ1n) is 17.9. The Hall–Kier alpha value is -4.08. The highest BCUT2D eigenvalue weighted by molar-refractivity contribution is 8.02. The Labute approximate surface area is 300 Å². The van der Waals surface area contributed by atoms with E-state index in [2.05, 4.69) is 20.1 Å². The predicted molar refractivity (Wildman–Crippen MR) is 203 cm³/mol. The molecule has 3 fully saturated rings. The molecule has 2 bridgehead atoms. The van der Waals surface area contributed by atoms with Crippen molar-refractivity contribution in [3.63, 3.8) is 0 Å². The molecule has 9 heteroatoms. The van der Waals surface area contributed by atoms with E-state index >= 15 is 4.79 Å². The molecule has 50 heavy (non-hydrogen) atoms. The van der Waals surface area contributed by atoms with Crippen molar-refractivity contribution < 1.29 is 24.2 Å². The van der Waals surface area contributed by atoms with E-state index in [-0.39, 0.29) is 24.3 Å². The van der Waals surface area contributed by atoms with Crippen LogP contribution in [-0.4, -0.2) is 76.1 Å². The van der Waals surface area contributed by atoms with Crippen molar-refractivity contribution in [2.75, 3.05) is 42.6 Å². The zero-order valence-electron chi connectivity index (χ0n) is 29.3. The van der Waals surface area contributed by atoms with E-state index in [1.165, 1.54) is 0 Å². The minimum atomic E-state index is -0.747. The van der Waals surface area contributed by atoms with Crippen molar-refractivity contribution in [2.24, 2.45) is 11.8 Å². The fourth-order valence-corrected chi connectivity index (χ4v) is 10.9. The fraction of sp³-hybridized carbons (Fsp3) is 0.439. The highest BCUT2D eigenvalue weighted by atomic mass is 32.2. The van der Waals surface area contributed by atoms with Gasteiger partial charge in [0.15, 0.2) is 0 Å². The molecule has 1 N–H and O–H groups in total. The maximum atomic E-state index is 15.1. The summed E-state index contributed by atoms with van der Waals surface area (Å²) in [5, 5.41) is 11.4. The van der Waals surface area contributed by atoms with Crippen LogP contribution in [-0.2, 0) is 14.4 Å². The molecule has 3 amide bonds. The van der Waals surface area contributed by atoms with Gasteiger partial charge in [-0.15, -0.1) is 24.9 Å². The number of hydrogen-bond donors (Lipinski definition) is 1. The van der Waals surface area contributed by atoms with Gasteiger partial charge < -0.3 is 24.5 Å². The highest BCUT2D eigenvalue weighted by Gasteiger charge is 2.77. The average Bonchev–Trinajstić information content (AvgIpc) is 3.69. The Balaban J connectivity index is 1.39. The molecule has 3 aromatic rings. The van der Waals surface area contributed by atoms with Crippen LogP contribution in [0.5, 0.6) is 5.75 Å². The van der Waals surface area contributed by atoms with Gasteiger partial charge in [-0.3, -0.25) is 14.4 Å². The Morgan fingerprint density at radius 2 is 1.58 bits per heavy atom. The summed E-state index contributed by atoms with van der Waals surface area (Å²) < 4.78 is 4.38. The number of fused-ring (bicyclic) bond motifs is 2. The fourth-order valence-electron chi connectivity index (χ4n) is 8.52. The summed E-state index contributed by atoms with van der Waals surface area (Å²) in [7, 11) is 0. The molecule has 3 heterocycles. The number of aliphatic hydroxyl groups excluding tert-OH is 1. The summed E-state index contributed by atoms with van der Waals surface area (Å²) in [4.78, 5) is 50.1. The lowest BCUT2D eigenvalue weighted by Gasteiger charge is -2.38. The van der Waals surface area contributed by atoms with Crippen molar-refractivity contribution in [3.8, 4) is 5.75 Å². The van der Waals surface area contributed by atoms with Gasteiger partial charge in [-0.05, 0) is 86.7 Å². The van der Waals surface area contributed by atoms with Gasteiger partial charge in [0.2, 0.25) is 11.8 Å². The van der Waals surface area contributed by atoms with Crippen LogP contribution in [0.25, 0.3) is 10.8 Å². The standard InChI is InChI=1S/C41H49N3O5S/c1-5-24-42(31-18-20-33(21-19-31)49-7-3)37(46)34-35-38(47)44(26-12-8-9-13-27-45)36(41(35)23-22-40(34,4)50-41)39(48)43(25-6-2)32-17-16-29-14-10-11-15-30(29)28-32/h5-6,10-11,14-21,28,34-36,45H,1-2,7-9,12-13,22-27H2,3-4H3/t34-,35+,36?,40+,41?/m1/s1. The Kier molecular flexibility index (Phi) is 10.7. The first kappa shape index (κ1) is 35.7. The SMILES string of the molecule is C=CCN(C(=O)C1N(CCCCCCO)C(=O)[C@@H]2[C@H](C(=O)N(CC=C)c3ccc(OCC)cc3)[C@]3(C)CCC12S3)c1ccc2ccccc2c1. The molecule has 264 valence electrons. The number of carbonyl (C=O) groups is 3. The number of benzene rings is 3. The number of carbonyl (C=O) groups excluding carboxylic acids is 3. The van der Waals surface area contributed by atoms with Crippen LogP contribution in [0.2, 0.25) is 0 Å². The Morgan fingerprint density at radius 3 is 2.26 bits per heavy atom. The third-order valence-corrected chi connectivity index (χ3v) is 12.7. The molecule has 3 saturated heterocycles. The van der Waals surface area contributed by atoms with Crippen LogP contribution < -0.4 is 14.5 Å². The van der Waals surface area contributed by atoms with E-state index in [0.717, 1.165) is 47.2 Å². The second-order valence-corrected chi connectivity index (χ2v) is 15.7. The van der Waals surface area contributed by atoms with Crippen molar-refractivity contribution in [2.45, 2.75) is 67.9 Å². The predicted octanol–water partition coefficient (Wildman–Crippen LogP) is 7.01. The first-order valence-corrected chi connectivity index (χ1v) is 18.7. The lowest BCUT2D eigenvalue weighted by Crippen LogP contribution is -2.55. The van der Waals surface area contributed by atoms with Gasteiger partial charge in [0.1, 0.15) is 11.8 Å². The number of likely N-dealkylation sites (tertiary alicyclic amines) is 1. The van der Waals surface area contributed by atoms with Crippen LogP contribution in [0.4, 0.5) is 11.4 Å². The van der Waals surface area contributed by atoms with Gasteiger partial charge in [0.25, 0.3) is 5.91 Å². The Bertz CT molecular complexity index is 1750. The van der Waals surface area contributed by atoms with E-state index in [1.807, 2.05) is 73.7 Å². The van der Waals surface area contributed by atoms with Crippen molar-refractivity contribution in [1.82, 2.24) is 4.90 Å². The van der Waals surface area contributed by atoms with Gasteiger partial charge in [-0.2, -0.15) is 0 Å². The lowest BCUT2D eigenvalue weighted by molar-refractivity contribution is -0.139. The normalized spacial score (nSPS) is 25.1. The lowest BCUT2D eigenvalue weighted by atomic mass is 9.66. The number of nitrogens with zero attached hydrogens (tertiary/aromatic N) is 3. The monoisotopic (exact) mass is 695 g/mol. The van der Waals surface area contributed by atoms with Gasteiger partial charge in [-0.1, -0.05) is 55.3 Å². The van der Waals surface area contributed by atoms with Gasteiger partial charge in [-0.25, -0.2) is 0 Å². The van der Waals surface area contributed by atoms with Crippen LogP contribution >= 0.6 is 11.8 Å². The first-order chi connectivity index (χ1) is 24.2. The molecule has 6 rings (SSSR count). The van der Waals surface area contributed by atoms with E-state index < -0.39 is 27.4 Å². The molecule has 0 radical (unpaired) electrons. The summed E-state index contributed by atoms with van der Waals surface area (Å²) in [6.45, 7) is 13.6.